The average Bonchev–Trinajstić information content (AvgIpc) is 2.36. The summed E-state index contributed by atoms with van der Waals surface area (Å²) < 4.78 is 0. The molecular formula is C12H21N3O4. The highest BCUT2D eigenvalue weighted by molar-refractivity contribution is 5.88. The van der Waals surface area contributed by atoms with E-state index in [4.69, 9.17) is 11.5 Å². The molecule has 6 N–H and O–H groups in total. The number of amides is 2. The molecule has 0 aromatic carbocycles. The van der Waals surface area contributed by atoms with Crippen LogP contribution in [0.5, 0.6) is 0 Å². The van der Waals surface area contributed by atoms with Crippen molar-refractivity contribution >= 4 is 17.8 Å². The van der Waals surface area contributed by atoms with Gasteiger partial charge in [0.1, 0.15) is 0 Å². The average molecular weight is 271 g/mol. The van der Waals surface area contributed by atoms with E-state index in [9.17, 15) is 19.5 Å². The van der Waals surface area contributed by atoms with Crippen LogP contribution in [0.25, 0.3) is 0 Å². The number of carbonyl (C=O) groups excluding carboxylic acids is 2. The van der Waals surface area contributed by atoms with Crippen LogP contribution in [0.4, 0.5) is 0 Å². The fourth-order valence-corrected chi connectivity index (χ4v) is 2.39. The van der Waals surface area contributed by atoms with Crippen molar-refractivity contribution in [2.45, 2.75) is 44.6 Å². The Balaban J connectivity index is 2.54. The molecule has 19 heavy (non-hydrogen) atoms. The minimum Gasteiger partial charge on any atom is -0.481 e. The summed E-state index contributed by atoms with van der Waals surface area (Å²) in [5.41, 5.74) is 9.54. The fraction of sp³-hybridized carbons (Fsp3) is 0.750. The molecule has 0 aromatic heterocycles. The van der Waals surface area contributed by atoms with Crippen LogP contribution in [0.2, 0.25) is 0 Å². The number of rotatable bonds is 6. The number of primary amides is 1. The molecule has 7 nitrogen and oxygen atoms in total. The third-order valence-electron chi connectivity index (χ3n) is 3.62. The second-order valence-electron chi connectivity index (χ2n) is 5.14. The van der Waals surface area contributed by atoms with Gasteiger partial charge in [-0.05, 0) is 12.8 Å². The molecule has 1 rings (SSSR count). The lowest BCUT2D eigenvalue weighted by molar-refractivity contribution is -0.151. The SMILES string of the molecule is NC(=O)CC(N)C(=O)NCC1(C(=O)O)CCCCC1. The van der Waals surface area contributed by atoms with E-state index in [1.165, 1.54) is 0 Å². The molecule has 1 unspecified atom stereocenters. The molecular weight excluding hydrogens is 250 g/mol. The van der Waals surface area contributed by atoms with Crippen molar-refractivity contribution in [3.8, 4) is 0 Å². The number of nitrogens with one attached hydrogen (secondary N) is 1. The maximum atomic E-state index is 11.6. The first-order valence-electron chi connectivity index (χ1n) is 6.42. The number of carboxylic acid groups (broad SMARTS) is 1. The van der Waals surface area contributed by atoms with E-state index in [0.29, 0.717) is 12.8 Å². The summed E-state index contributed by atoms with van der Waals surface area (Å²) in [5.74, 6) is -2.09. The van der Waals surface area contributed by atoms with Crippen LogP contribution >= 0.6 is 0 Å². The van der Waals surface area contributed by atoms with Gasteiger partial charge in [0, 0.05) is 6.54 Å². The maximum Gasteiger partial charge on any atom is 0.311 e. The number of carboxylic acids is 1. The summed E-state index contributed by atoms with van der Waals surface area (Å²) >= 11 is 0. The Morgan fingerprint density at radius 2 is 1.79 bits per heavy atom. The Morgan fingerprint density at radius 3 is 2.26 bits per heavy atom. The minimum absolute atomic E-state index is 0.0492. The molecule has 0 aliphatic heterocycles. The standard InChI is InChI=1S/C12H21N3O4/c13-8(6-9(14)16)10(17)15-7-12(11(18)19)4-2-1-3-5-12/h8H,1-7,13H2,(H2,14,16)(H,15,17)(H,18,19). The van der Waals surface area contributed by atoms with Gasteiger partial charge in [0.15, 0.2) is 0 Å². The van der Waals surface area contributed by atoms with Gasteiger partial charge in [-0.3, -0.25) is 14.4 Å². The maximum absolute atomic E-state index is 11.6. The Labute approximate surface area is 111 Å². The van der Waals surface area contributed by atoms with Crippen LogP contribution in [0.1, 0.15) is 38.5 Å². The highest BCUT2D eigenvalue weighted by atomic mass is 16.4. The van der Waals surface area contributed by atoms with Gasteiger partial charge in [0.25, 0.3) is 0 Å². The Kier molecular flexibility index (Phi) is 5.29. The topological polar surface area (TPSA) is 136 Å². The van der Waals surface area contributed by atoms with Crippen molar-refractivity contribution in [1.29, 1.82) is 0 Å². The molecule has 2 amide bonds. The minimum atomic E-state index is -1.02. The van der Waals surface area contributed by atoms with E-state index in [-0.39, 0.29) is 13.0 Å². The molecule has 7 heteroatoms. The predicted molar refractivity (Wildman–Crippen MR) is 68.0 cm³/mol. The lowest BCUT2D eigenvalue weighted by Gasteiger charge is -2.33. The van der Waals surface area contributed by atoms with Gasteiger partial charge in [-0.1, -0.05) is 19.3 Å². The van der Waals surface area contributed by atoms with E-state index in [0.717, 1.165) is 19.3 Å². The molecule has 0 bridgehead atoms. The van der Waals surface area contributed by atoms with Crippen LogP contribution < -0.4 is 16.8 Å². The van der Waals surface area contributed by atoms with Gasteiger partial charge in [-0.15, -0.1) is 0 Å². The number of hydrogen-bond acceptors (Lipinski definition) is 4. The van der Waals surface area contributed by atoms with Crippen molar-refractivity contribution < 1.29 is 19.5 Å². The Bertz CT molecular complexity index is 364. The number of nitrogens with two attached hydrogens (primary N) is 2. The second-order valence-corrected chi connectivity index (χ2v) is 5.14. The molecule has 0 radical (unpaired) electrons. The summed E-state index contributed by atoms with van der Waals surface area (Å²) in [6.45, 7) is 0.0492. The van der Waals surface area contributed by atoms with Gasteiger partial charge < -0.3 is 21.9 Å². The van der Waals surface area contributed by atoms with Crippen LogP contribution in [-0.4, -0.2) is 35.5 Å². The van der Waals surface area contributed by atoms with Gasteiger partial charge >= 0.3 is 5.97 Å². The number of carbonyl (C=O) groups is 3. The first kappa shape index (κ1) is 15.4. The molecule has 0 heterocycles. The smallest absolute Gasteiger partial charge is 0.311 e. The molecule has 1 saturated carbocycles. The summed E-state index contributed by atoms with van der Waals surface area (Å²) in [6, 6.07) is -1.02. The summed E-state index contributed by atoms with van der Waals surface area (Å²) in [6.07, 6.45) is 3.56. The highest BCUT2D eigenvalue weighted by Crippen LogP contribution is 2.35. The third kappa shape index (κ3) is 4.20. The summed E-state index contributed by atoms with van der Waals surface area (Å²) in [4.78, 5) is 33.7. The largest absolute Gasteiger partial charge is 0.481 e. The number of aliphatic carboxylic acids is 1. The van der Waals surface area contributed by atoms with E-state index in [1.54, 1.807) is 0 Å². The van der Waals surface area contributed by atoms with Crippen molar-refractivity contribution in [2.24, 2.45) is 16.9 Å². The lowest BCUT2D eigenvalue weighted by Crippen LogP contribution is -2.49. The van der Waals surface area contributed by atoms with Crippen LogP contribution in [0.3, 0.4) is 0 Å². The van der Waals surface area contributed by atoms with Gasteiger partial charge in [-0.25, -0.2) is 0 Å². The number of hydrogen-bond donors (Lipinski definition) is 4. The molecule has 0 spiro atoms. The van der Waals surface area contributed by atoms with Crippen molar-refractivity contribution in [3.63, 3.8) is 0 Å². The monoisotopic (exact) mass is 271 g/mol. The molecule has 1 atom stereocenters. The zero-order chi connectivity index (χ0) is 14.5. The van der Waals surface area contributed by atoms with E-state index in [1.807, 2.05) is 0 Å². The Morgan fingerprint density at radius 1 is 1.21 bits per heavy atom. The normalized spacial score (nSPS) is 19.4. The zero-order valence-corrected chi connectivity index (χ0v) is 10.9. The molecule has 1 aliphatic rings. The lowest BCUT2D eigenvalue weighted by atomic mass is 9.74. The second kappa shape index (κ2) is 6.51. The van der Waals surface area contributed by atoms with Crippen LogP contribution in [0.15, 0.2) is 0 Å². The first-order chi connectivity index (χ1) is 8.87. The van der Waals surface area contributed by atoms with Gasteiger partial charge in [0.05, 0.1) is 17.9 Å². The molecule has 1 aliphatic carbocycles. The molecule has 0 aromatic rings. The molecule has 108 valence electrons. The van der Waals surface area contributed by atoms with Crippen LogP contribution in [0, 0.1) is 5.41 Å². The van der Waals surface area contributed by atoms with E-state index >= 15 is 0 Å². The van der Waals surface area contributed by atoms with Gasteiger partial charge in [0.2, 0.25) is 11.8 Å². The molecule has 1 fully saturated rings. The predicted octanol–water partition coefficient (Wildman–Crippen LogP) is -0.660. The van der Waals surface area contributed by atoms with Gasteiger partial charge in [-0.2, -0.15) is 0 Å². The van der Waals surface area contributed by atoms with E-state index in [2.05, 4.69) is 5.32 Å². The van der Waals surface area contributed by atoms with E-state index < -0.39 is 29.2 Å². The third-order valence-corrected chi connectivity index (χ3v) is 3.62. The molecule has 0 saturated heterocycles. The fourth-order valence-electron chi connectivity index (χ4n) is 2.39. The van der Waals surface area contributed by atoms with Crippen molar-refractivity contribution in [1.82, 2.24) is 5.32 Å². The highest BCUT2D eigenvalue weighted by Gasteiger charge is 2.40. The van der Waals surface area contributed by atoms with Crippen molar-refractivity contribution in [3.05, 3.63) is 0 Å². The van der Waals surface area contributed by atoms with Crippen LogP contribution in [-0.2, 0) is 14.4 Å². The zero-order valence-electron chi connectivity index (χ0n) is 10.9. The Hall–Kier alpha value is -1.63. The summed E-state index contributed by atoms with van der Waals surface area (Å²) in [7, 11) is 0. The summed E-state index contributed by atoms with van der Waals surface area (Å²) in [5, 5.41) is 11.9. The first-order valence-corrected chi connectivity index (χ1v) is 6.42. The van der Waals surface area contributed by atoms with Crippen molar-refractivity contribution in [2.75, 3.05) is 6.54 Å². The quantitative estimate of drug-likeness (QED) is 0.508.